The third kappa shape index (κ3) is 3.68. The zero-order chi connectivity index (χ0) is 19.0. The van der Waals surface area contributed by atoms with Gasteiger partial charge in [0.25, 0.3) is 0 Å². The van der Waals surface area contributed by atoms with Gasteiger partial charge in [-0.05, 0) is 26.8 Å². The number of hydrogen-bond donors (Lipinski definition) is 0. The zero-order valence-corrected chi connectivity index (χ0v) is 16.3. The average molecular weight is 367 g/mol. The lowest BCUT2D eigenvalue weighted by atomic mass is 10.3. The third-order valence-corrected chi connectivity index (χ3v) is 4.90. The van der Waals surface area contributed by atoms with Gasteiger partial charge in [-0.15, -0.1) is 10.2 Å². The standard InChI is InChI=1S/C18H25N9/c1-13-9-14(2)27(23-13)17-10-16(20-15(3)21-17)26-7-5-25(6-8-26)11-18-22-19-12-24(18)4/h9-10,12H,5-8,11H2,1-4H3. The SMILES string of the molecule is Cc1cc(C)n(-c2cc(N3CCN(Cc4nncn4C)CC3)nc(C)n2)n1. The normalized spacial score (nSPS) is 15.5. The van der Waals surface area contributed by atoms with Gasteiger partial charge in [0, 0.05) is 45.0 Å². The van der Waals surface area contributed by atoms with Gasteiger partial charge in [-0.25, -0.2) is 14.6 Å². The van der Waals surface area contributed by atoms with Gasteiger partial charge in [-0.1, -0.05) is 0 Å². The van der Waals surface area contributed by atoms with Crippen LogP contribution in [0.5, 0.6) is 0 Å². The second kappa shape index (κ2) is 7.07. The number of anilines is 1. The van der Waals surface area contributed by atoms with Gasteiger partial charge in [-0.3, -0.25) is 4.90 Å². The topological polar surface area (TPSA) is 80.8 Å². The Morgan fingerprint density at radius 3 is 2.33 bits per heavy atom. The Balaban J connectivity index is 1.48. The van der Waals surface area contributed by atoms with Crippen molar-refractivity contribution in [2.75, 3.05) is 31.1 Å². The zero-order valence-electron chi connectivity index (χ0n) is 16.3. The van der Waals surface area contributed by atoms with E-state index in [1.165, 1.54) is 0 Å². The van der Waals surface area contributed by atoms with E-state index in [0.717, 1.165) is 67.4 Å². The van der Waals surface area contributed by atoms with Crippen LogP contribution in [-0.2, 0) is 13.6 Å². The van der Waals surface area contributed by atoms with Gasteiger partial charge < -0.3 is 9.47 Å². The predicted octanol–water partition coefficient (Wildman–Crippen LogP) is 1.04. The van der Waals surface area contributed by atoms with E-state index in [2.05, 4.69) is 41.1 Å². The lowest BCUT2D eigenvalue weighted by Gasteiger charge is -2.35. The summed E-state index contributed by atoms with van der Waals surface area (Å²) in [6.45, 7) is 10.6. The van der Waals surface area contributed by atoms with Gasteiger partial charge in [0.05, 0.1) is 12.2 Å². The molecule has 0 amide bonds. The first-order valence-electron chi connectivity index (χ1n) is 9.19. The molecule has 9 heteroatoms. The molecule has 27 heavy (non-hydrogen) atoms. The molecule has 0 aliphatic carbocycles. The minimum atomic E-state index is 0.761. The smallest absolute Gasteiger partial charge is 0.159 e. The summed E-state index contributed by atoms with van der Waals surface area (Å²) >= 11 is 0. The van der Waals surface area contributed by atoms with Crippen molar-refractivity contribution in [2.45, 2.75) is 27.3 Å². The fourth-order valence-corrected chi connectivity index (χ4v) is 3.45. The van der Waals surface area contributed by atoms with Crippen molar-refractivity contribution >= 4 is 5.82 Å². The molecule has 0 saturated carbocycles. The van der Waals surface area contributed by atoms with Crippen molar-refractivity contribution in [3.8, 4) is 5.82 Å². The van der Waals surface area contributed by atoms with Gasteiger partial charge in [-0.2, -0.15) is 5.10 Å². The summed E-state index contributed by atoms with van der Waals surface area (Å²) in [7, 11) is 1.98. The summed E-state index contributed by atoms with van der Waals surface area (Å²) in [5.41, 5.74) is 2.06. The van der Waals surface area contributed by atoms with E-state index >= 15 is 0 Å². The van der Waals surface area contributed by atoms with Crippen molar-refractivity contribution in [1.29, 1.82) is 0 Å². The summed E-state index contributed by atoms with van der Waals surface area (Å²) < 4.78 is 3.86. The third-order valence-electron chi connectivity index (χ3n) is 4.90. The summed E-state index contributed by atoms with van der Waals surface area (Å²) in [6.07, 6.45) is 1.75. The van der Waals surface area contributed by atoms with Gasteiger partial charge in [0.1, 0.15) is 23.8 Å². The Labute approximate surface area is 158 Å². The highest BCUT2D eigenvalue weighted by Crippen LogP contribution is 2.19. The summed E-state index contributed by atoms with van der Waals surface area (Å²) in [4.78, 5) is 14.0. The minimum absolute atomic E-state index is 0.761. The maximum atomic E-state index is 4.66. The molecule has 0 unspecified atom stereocenters. The highest BCUT2D eigenvalue weighted by molar-refractivity contribution is 5.45. The second-order valence-corrected chi connectivity index (χ2v) is 7.09. The Hall–Kier alpha value is -2.81. The molecule has 1 fully saturated rings. The lowest BCUT2D eigenvalue weighted by molar-refractivity contribution is 0.241. The Morgan fingerprint density at radius 1 is 0.963 bits per heavy atom. The molecule has 0 aromatic carbocycles. The molecule has 3 aromatic rings. The Morgan fingerprint density at radius 2 is 1.70 bits per heavy atom. The van der Waals surface area contributed by atoms with Gasteiger partial charge in [0.2, 0.25) is 0 Å². The molecular formula is C18H25N9. The molecular weight excluding hydrogens is 342 g/mol. The van der Waals surface area contributed by atoms with Crippen molar-refractivity contribution < 1.29 is 0 Å². The van der Waals surface area contributed by atoms with Crippen LogP contribution in [0.4, 0.5) is 5.82 Å². The highest BCUT2D eigenvalue weighted by Gasteiger charge is 2.21. The molecule has 0 radical (unpaired) electrons. The van der Waals surface area contributed by atoms with Crippen molar-refractivity contribution in [1.82, 2.24) is 39.4 Å². The van der Waals surface area contributed by atoms with Crippen LogP contribution in [-0.4, -0.2) is 65.6 Å². The fraction of sp³-hybridized carbons (Fsp3) is 0.500. The quantitative estimate of drug-likeness (QED) is 0.681. The highest BCUT2D eigenvalue weighted by atomic mass is 15.3. The largest absolute Gasteiger partial charge is 0.354 e. The van der Waals surface area contributed by atoms with Crippen LogP contribution in [0.15, 0.2) is 18.5 Å². The summed E-state index contributed by atoms with van der Waals surface area (Å²) in [5, 5.41) is 12.7. The minimum Gasteiger partial charge on any atom is -0.354 e. The number of hydrogen-bond acceptors (Lipinski definition) is 7. The van der Waals surface area contributed by atoms with Gasteiger partial charge >= 0.3 is 0 Å². The van der Waals surface area contributed by atoms with Crippen molar-refractivity contribution in [3.05, 3.63) is 41.5 Å². The first kappa shape index (κ1) is 17.6. The monoisotopic (exact) mass is 367 g/mol. The molecule has 4 rings (SSSR count). The molecule has 9 nitrogen and oxygen atoms in total. The summed E-state index contributed by atoms with van der Waals surface area (Å²) in [5.74, 6) is 3.54. The van der Waals surface area contributed by atoms with E-state index < -0.39 is 0 Å². The molecule has 142 valence electrons. The van der Waals surface area contributed by atoms with E-state index in [0.29, 0.717) is 0 Å². The Kier molecular flexibility index (Phi) is 4.61. The molecule has 1 saturated heterocycles. The van der Waals surface area contributed by atoms with E-state index in [1.807, 2.05) is 43.1 Å². The predicted molar refractivity (Wildman–Crippen MR) is 102 cm³/mol. The van der Waals surface area contributed by atoms with Crippen LogP contribution in [0.1, 0.15) is 23.0 Å². The van der Waals surface area contributed by atoms with Gasteiger partial charge in [0.15, 0.2) is 5.82 Å². The first-order valence-corrected chi connectivity index (χ1v) is 9.19. The summed E-state index contributed by atoms with van der Waals surface area (Å²) in [6, 6.07) is 4.09. The first-order chi connectivity index (χ1) is 13.0. The number of rotatable bonds is 4. The van der Waals surface area contributed by atoms with E-state index in [9.17, 15) is 0 Å². The molecule has 1 aliphatic heterocycles. The number of aromatic nitrogens is 7. The molecule has 0 N–H and O–H groups in total. The van der Waals surface area contributed by atoms with Crippen molar-refractivity contribution in [2.24, 2.45) is 7.05 Å². The molecule has 0 spiro atoms. The van der Waals surface area contributed by atoms with Crippen LogP contribution in [0.3, 0.4) is 0 Å². The van der Waals surface area contributed by atoms with Crippen LogP contribution >= 0.6 is 0 Å². The number of piperazine rings is 1. The Bertz CT molecular complexity index is 934. The maximum Gasteiger partial charge on any atom is 0.159 e. The van der Waals surface area contributed by atoms with Crippen LogP contribution in [0.2, 0.25) is 0 Å². The molecule has 4 heterocycles. The lowest BCUT2D eigenvalue weighted by Crippen LogP contribution is -2.46. The molecule has 3 aromatic heterocycles. The fourth-order valence-electron chi connectivity index (χ4n) is 3.45. The average Bonchev–Trinajstić information content (AvgIpc) is 3.20. The number of nitrogens with zero attached hydrogens (tertiary/aromatic N) is 9. The van der Waals surface area contributed by atoms with E-state index in [-0.39, 0.29) is 0 Å². The molecule has 0 bridgehead atoms. The van der Waals surface area contributed by atoms with E-state index in [4.69, 9.17) is 0 Å². The van der Waals surface area contributed by atoms with Crippen LogP contribution in [0, 0.1) is 20.8 Å². The van der Waals surface area contributed by atoms with Crippen LogP contribution in [0.25, 0.3) is 5.82 Å². The van der Waals surface area contributed by atoms with Crippen molar-refractivity contribution in [3.63, 3.8) is 0 Å². The van der Waals surface area contributed by atoms with E-state index in [1.54, 1.807) is 6.33 Å². The number of aryl methyl sites for hydroxylation is 4. The molecule has 1 aliphatic rings. The molecule has 0 atom stereocenters. The maximum absolute atomic E-state index is 4.66. The second-order valence-electron chi connectivity index (χ2n) is 7.09. The van der Waals surface area contributed by atoms with Crippen LogP contribution < -0.4 is 4.90 Å².